The van der Waals surface area contributed by atoms with Crippen LogP contribution in [0.1, 0.15) is 17.5 Å². The van der Waals surface area contributed by atoms with E-state index in [2.05, 4.69) is 15.3 Å². The number of nitrogens with one attached hydrogen (secondary N) is 1. The first kappa shape index (κ1) is 15.7. The summed E-state index contributed by atoms with van der Waals surface area (Å²) in [5, 5.41) is 12.1. The lowest BCUT2D eigenvalue weighted by Crippen LogP contribution is -2.23. The molecular formula is C18H18N4O2. The van der Waals surface area contributed by atoms with E-state index in [1.54, 1.807) is 30.9 Å². The van der Waals surface area contributed by atoms with E-state index in [-0.39, 0.29) is 11.7 Å². The molecule has 2 heterocycles. The maximum atomic E-state index is 11.9. The van der Waals surface area contributed by atoms with Crippen LogP contribution in [0.15, 0.2) is 61.3 Å². The van der Waals surface area contributed by atoms with E-state index in [0.717, 1.165) is 16.9 Å². The van der Waals surface area contributed by atoms with Crippen LogP contribution in [-0.4, -0.2) is 25.5 Å². The fourth-order valence-electron chi connectivity index (χ4n) is 2.28. The van der Waals surface area contributed by atoms with Crippen molar-refractivity contribution in [3.8, 4) is 11.6 Å². The second kappa shape index (κ2) is 7.41. The van der Waals surface area contributed by atoms with Gasteiger partial charge in [0, 0.05) is 31.6 Å². The molecule has 0 saturated carbocycles. The summed E-state index contributed by atoms with van der Waals surface area (Å²) >= 11 is 0. The molecule has 2 aromatic heterocycles. The smallest absolute Gasteiger partial charge is 0.220 e. The third-order valence-corrected chi connectivity index (χ3v) is 3.64. The third-order valence-electron chi connectivity index (χ3n) is 3.64. The molecule has 1 aromatic carbocycles. The Morgan fingerprint density at radius 1 is 1.12 bits per heavy atom. The van der Waals surface area contributed by atoms with Gasteiger partial charge in [0.25, 0.3) is 0 Å². The van der Waals surface area contributed by atoms with Crippen LogP contribution >= 0.6 is 0 Å². The molecule has 0 spiro atoms. The molecule has 0 bridgehead atoms. The molecule has 0 aliphatic rings. The van der Waals surface area contributed by atoms with E-state index in [4.69, 9.17) is 0 Å². The number of aromatic nitrogens is 3. The first-order valence-electron chi connectivity index (χ1n) is 7.68. The first-order chi connectivity index (χ1) is 11.7. The van der Waals surface area contributed by atoms with E-state index >= 15 is 0 Å². The van der Waals surface area contributed by atoms with Crippen molar-refractivity contribution in [3.63, 3.8) is 0 Å². The number of nitrogens with zero attached hydrogens (tertiary/aromatic N) is 3. The molecule has 0 radical (unpaired) electrons. The number of pyridine rings is 1. The van der Waals surface area contributed by atoms with E-state index in [1.807, 2.05) is 35.0 Å². The number of benzene rings is 1. The number of aryl methyl sites for hydroxylation is 1. The second-order valence-corrected chi connectivity index (χ2v) is 5.44. The van der Waals surface area contributed by atoms with Gasteiger partial charge in [0.2, 0.25) is 5.91 Å². The minimum Gasteiger partial charge on any atom is -0.508 e. The lowest BCUT2D eigenvalue weighted by Gasteiger charge is -2.07. The highest BCUT2D eigenvalue weighted by molar-refractivity contribution is 5.76. The molecule has 0 saturated heterocycles. The van der Waals surface area contributed by atoms with Crippen molar-refractivity contribution in [1.29, 1.82) is 0 Å². The van der Waals surface area contributed by atoms with Gasteiger partial charge in [-0.2, -0.15) is 0 Å². The van der Waals surface area contributed by atoms with E-state index in [9.17, 15) is 9.90 Å². The van der Waals surface area contributed by atoms with Crippen molar-refractivity contribution in [2.75, 3.05) is 0 Å². The maximum Gasteiger partial charge on any atom is 0.220 e. The summed E-state index contributed by atoms with van der Waals surface area (Å²) in [5.41, 5.74) is 1.96. The summed E-state index contributed by atoms with van der Waals surface area (Å²) in [6.07, 6.45) is 8.01. The number of hydrogen-bond acceptors (Lipinski definition) is 4. The molecule has 1 amide bonds. The van der Waals surface area contributed by atoms with Gasteiger partial charge in [0.1, 0.15) is 17.9 Å². The fourth-order valence-corrected chi connectivity index (χ4v) is 2.28. The van der Waals surface area contributed by atoms with E-state index in [1.165, 1.54) is 0 Å². The Hall–Kier alpha value is -3.15. The van der Waals surface area contributed by atoms with Crippen molar-refractivity contribution in [2.45, 2.75) is 19.4 Å². The molecule has 0 aliphatic heterocycles. The van der Waals surface area contributed by atoms with Crippen LogP contribution in [0.2, 0.25) is 0 Å². The van der Waals surface area contributed by atoms with Gasteiger partial charge in [-0.3, -0.25) is 9.36 Å². The van der Waals surface area contributed by atoms with Crippen LogP contribution in [0.25, 0.3) is 5.82 Å². The zero-order valence-corrected chi connectivity index (χ0v) is 13.1. The number of hydrogen-bond donors (Lipinski definition) is 2. The summed E-state index contributed by atoms with van der Waals surface area (Å²) in [4.78, 5) is 20.2. The van der Waals surface area contributed by atoms with Crippen LogP contribution < -0.4 is 5.32 Å². The maximum absolute atomic E-state index is 11.9. The molecule has 0 fully saturated rings. The highest BCUT2D eigenvalue weighted by Gasteiger charge is 2.04. The van der Waals surface area contributed by atoms with Crippen LogP contribution in [-0.2, 0) is 17.8 Å². The topological polar surface area (TPSA) is 80.0 Å². The van der Waals surface area contributed by atoms with E-state index in [0.29, 0.717) is 19.4 Å². The fraction of sp³-hybridized carbons (Fsp3) is 0.167. The van der Waals surface area contributed by atoms with Crippen molar-refractivity contribution in [2.24, 2.45) is 0 Å². The summed E-state index contributed by atoms with van der Waals surface area (Å²) in [6.45, 7) is 0.450. The SMILES string of the molecule is O=C(CCc1ccc(O)cc1)NCc1ccc(-n2ccnc2)nc1. The average molecular weight is 322 g/mol. The molecule has 2 N–H and O–H groups in total. The van der Waals surface area contributed by atoms with Crippen molar-refractivity contribution in [3.05, 3.63) is 72.4 Å². The molecule has 3 rings (SSSR count). The number of phenols is 1. The summed E-state index contributed by atoms with van der Waals surface area (Å²) in [5.74, 6) is 1.01. The minimum absolute atomic E-state index is 0.0123. The minimum atomic E-state index is -0.0123. The monoisotopic (exact) mass is 322 g/mol. The highest BCUT2D eigenvalue weighted by Crippen LogP contribution is 2.11. The van der Waals surface area contributed by atoms with Crippen LogP contribution in [0.4, 0.5) is 0 Å². The quantitative estimate of drug-likeness (QED) is 0.729. The number of rotatable bonds is 6. The van der Waals surface area contributed by atoms with Gasteiger partial charge in [0.15, 0.2) is 0 Å². The zero-order valence-electron chi connectivity index (χ0n) is 13.1. The van der Waals surface area contributed by atoms with Crippen LogP contribution in [0.3, 0.4) is 0 Å². The Morgan fingerprint density at radius 3 is 2.58 bits per heavy atom. The molecule has 0 atom stereocenters. The van der Waals surface area contributed by atoms with Gasteiger partial charge in [0.05, 0.1) is 0 Å². The summed E-state index contributed by atoms with van der Waals surface area (Å²) in [7, 11) is 0. The summed E-state index contributed by atoms with van der Waals surface area (Å²) in [6, 6.07) is 10.7. The van der Waals surface area contributed by atoms with Crippen molar-refractivity contribution in [1.82, 2.24) is 19.9 Å². The molecular weight excluding hydrogens is 304 g/mol. The molecule has 0 unspecified atom stereocenters. The third kappa shape index (κ3) is 4.19. The number of aromatic hydroxyl groups is 1. The molecule has 3 aromatic rings. The van der Waals surface area contributed by atoms with Gasteiger partial charge < -0.3 is 10.4 Å². The Bertz CT molecular complexity index is 781. The molecule has 6 nitrogen and oxygen atoms in total. The standard InChI is InChI=1S/C18H18N4O2/c23-16-5-1-14(2-6-16)4-8-18(24)21-12-15-3-7-17(20-11-15)22-10-9-19-13-22/h1-3,5-7,9-11,13,23H,4,8,12H2,(H,21,24). The first-order valence-corrected chi connectivity index (χ1v) is 7.68. The van der Waals surface area contributed by atoms with Gasteiger partial charge in [-0.15, -0.1) is 0 Å². The van der Waals surface area contributed by atoms with Gasteiger partial charge >= 0.3 is 0 Å². The highest BCUT2D eigenvalue weighted by atomic mass is 16.3. The average Bonchev–Trinajstić information content (AvgIpc) is 3.14. The van der Waals surface area contributed by atoms with Crippen LogP contribution in [0.5, 0.6) is 5.75 Å². The van der Waals surface area contributed by atoms with Crippen molar-refractivity contribution >= 4 is 5.91 Å². The largest absolute Gasteiger partial charge is 0.508 e. The van der Waals surface area contributed by atoms with Gasteiger partial charge in [-0.05, 0) is 35.7 Å². The number of amides is 1. The Labute approximate surface area is 139 Å². The Morgan fingerprint density at radius 2 is 1.92 bits per heavy atom. The number of carbonyl (C=O) groups is 1. The predicted octanol–water partition coefficient (Wildman–Crippen LogP) is 2.22. The second-order valence-electron chi connectivity index (χ2n) is 5.44. The molecule has 0 aliphatic carbocycles. The lowest BCUT2D eigenvalue weighted by molar-refractivity contribution is -0.121. The van der Waals surface area contributed by atoms with E-state index < -0.39 is 0 Å². The van der Waals surface area contributed by atoms with Crippen LogP contribution in [0, 0.1) is 0 Å². The van der Waals surface area contributed by atoms with Gasteiger partial charge in [-0.25, -0.2) is 9.97 Å². The number of phenolic OH excluding ortho intramolecular Hbond substituents is 1. The molecule has 122 valence electrons. The molecule has 6 heteroatoms. The number of imidazole rings is 1. The predicted molar refractivity (Wildman–Crippen MR) is 89.6 cm³/mol. The number of carbonyl (C=O) groups excluding carboxylic acids is 1. The summed E-state index contributed by atoms with van der Waals surface area (Å²) < 4.78 is 1.82. The zero-order chi connectivity index (χ0) is 16.8. The molecule has 24 heavy (non-hydrogen) atoms. The Balaban J connectivity index is 1.46. The lowest BCUT2D eigenvalue weighted by atomic mass is 10.1. The van der Waals surface area contributed by atoms with Gasteiger partial charge in [-0.1, -0.05) is 18.2 Å². The van der Waals surface area contributed by atoms with Crippen molar-refractivity contribution < 1.29 is 9.90 Å². The normalized spacial score (nSPS) is 10.5. The Kier molecular flexibility index (Phi) is 4.86.